The van der Waals surface area contributed by atoms with Gasteiger partial charge in [0.05, 0.1) is 22.5 Å². The maximum Gasteiger partial charge on any atom is 0.333 e. The Balaban J connectivity index is 1.55. The smallest absolute Gasteiger partial charge is 0.333 e. The summed E-state index contributed by atoms with van der Waals surface area (Å²) in [7, 11) is 0. The normalized spacial score (nSPS) is 12.7. The maximum absolute atomic E-state index is 13.4. The lowest BCUT2D eigenvalue weighted by molar-refractivity contribution is -0.135. The Morgan fingerprint density at radius 1 is 0.895 bits per heavy atom. The molecule has 0 bridgehead atoms. The fourth-order valence-electron chi connectivity index (χ4n) is 4.11. The molecule has 0 aliphatic carbocycles. The van der Waals surface area contributed by atoms with Crippen LogP contribution in [0, 0.1) is 0 Å². The van der Waals surface area contributed by atoms with Gasteiger partial charge >= 0.3 is 5.97 Å². The van der Waals surface area contributed by atoms with Gasteiger partial charge in [0.25, 0.3) is 17.6 Å². The minimum atomic E-state index is -0.932. The van der Waals surface area contributed by atoms with E-state index in [1.54, 1.807) is 60.8 Å². The van der Waals surface area contributed by atoms with Crippen LogP contribution in [-0.4, -0.2) is 34.7 Å². The largest absolute Gasteiger partial charge is 0.456 e. The van der Waals surface area contributed by atoms with Crippen molar-refractivity contribution in [2.75, 3.05) is 11.9 Å². The van der Waals surface area contributed by atoms with Crippen molar-refractivity contribution in [1.29, 1.82) is 0 Å². The first-order valence-corrected chi connectivity index (χ1v) is 12.2. The highest BCUT2D eigenvalue weighted by Crippen LogP contribution is 2.31. The molecule has 0 saturated heterocycles. The summed E-state index contributed by atoms with van der Waals surface area (Å²) >= 11 is 12.0. The van der Waals surface area contributed by atoms with Crippen LogP contribution in [-0.2, 0) is 20.9 Å². The number of esters is 1. The molecule has 0 spiro atoms. The molecule has 1 aliphatic rings. The zero-order valence-corrected chi connectivity index (χ0v) is 21.2. The Morgan fingerprint density at radius 3 is 2.24 bits per heavy atom. The molecule has 5 rings (SSSR count). The summed E-state index contributed by atoms with van der Waals surface area (Å²) in [5, 5.41) is 6.76. The molecule has 4 aromatic rings. The van der Waals surface area contributed by atoms with Gasteiger partial charge in [-0.1, -0.05) is 41.4 Å². The summed E-state index contributed by atoms with van der Waals surface area (Å²) in [6.07, 6.45) is 2.69. The molecule has 0 radical (unpaired) electrons. The Kier molecular flexibility index (Phi) is 7.00. The number of hydrogen-bond acceptors (Lipinski definition) is 5. The Morgan fingerprint density at radius 2 is 1.58 bits per heavy atom. The minimum absolute atomic E-state index is 0.0873. The van der Waals surface area contributed by atoms with Crippen molar-refractivity contribution in [3.8, 4) is 0 Å². The molecule has 1 aliphatic heterocycles. The number of fused-ring (bicyclic) bond motifs is 1. The zero-order chi connectivity index (χ0) is 26.8. The molecule has 2 N–H and O–H groups in total. The summed E-state index contributed by atoms with van der Waals surface area (Å²) in [4.78, 5) is 50.5. The summed E-state index contributed by atoms with van der Waals surface area (Å²) in [5.41, 5.74) is 2.54. The third-order valence-electron chi connectivity index (χ3n) is 5.91. The Labute approximate surface area is 226 Å². The second-order valence-corrected chi connectivity index (χ2v) is 9.39. The maximum atomic E-state index is 13.4. The number of carbonyl (C=O) groups excluding carboxylic acids is 4. The summed E-state index contributed by atoms with van der Waals surface area (Å²) in [6, 6.07) is 18.8. The number of benzene rings is 3. The van der Waals surface area contributed by atoms with Crippen molar-refractivity contribution in [2.45, 2.75) is 6.54 Å². The monoisotopic (exact) mass is 547 g/mol. The fraction of sp³-hybridized carbons (Fsp3) is 0.0714. The number of anilines is 1. The van der Waals surface area contributed by atoms with E-state index in [4.69, 9.17) is 27.9 Å². The lowest BCUT2D eigenvalue weighted by Gasteiger charge is -2.10. The van der Waals surface area contributed by atoms with E-state index >= 15 is 0 Å². The first kappa shape index (κ1) is 25.3. The number of ether oxygens (including phenoxy) is 1. The average molecular weight is 548 g/mol. The number of ketones is 1. The zero-order valence-electron chi connectivity index (χ0n) is 19.7. The predicted octanol–water partition coefficient (Wildman–Crippen LogP) is 4.99. The van der Waals surface area contributed by atoms with Crippen molar-refractivity contribution in [1.82, 2.24) is 9.88 Å². The van der Waals surface area contributed by atoms with E-state index in [-0.39, 0.29) is 17.9 Å². The average Bonchev–Trinajstić information content (AvgIpc) is 3.48. The number of amides is 2. The SMILES string of the molecule is O=C1C=C(NC(=O)C(=O)c2cn(Cc3ccc(Cl)cc3)c3cccc(NC(=O)c4ccc(Cl)cc4)c23)CO1. The molecule has 38 heavy (non-hydrogen) atoms. The topological polar surface area (TPSA) is 107 Å². The molecule has 3 aromatic carbocycles. The van der Waals surface area contributed by atoms with Crippen LogP contribution >= 0.6 is 23.2 Å². The van der Waals surface area contributed by atoms with E-state index in [1.807, 2.05) is 16.7 Å². The highest BCUT2D eigenvalue weighted by molar-refractivity contribution is 6.46. The van der Waals surface area contributed by atoms with Gasteiger partial charge in [-0.15, -0.1) is 0 Å². The summed E-state index contributed by atoms with van der Waals surface area (Å²) in [5.74, 6) is -2.77. The molecule has 2 heterocycles. The van der Waals surface area contributed by atoms with Gasteiger partial charge in [0, 0.05) is 39.8 Å². The standard InChI is InChI=1S/C28H19Cl2N3O5/c29-18-8-4-16(5-9-18)13-33-14-21(26(35)28(37)31-20-12-24(34)38-15-20)25-22(2-1-3-23(25)33)32-27(36)17-6-10-19(30)11-7-17/h1-12,14H,13,15H2,(H,31,37)(H,32,36). The van der Waals surface area contributed by atoms with Crippen molar-refractivity contribution in [3.63, 3.8) is 0 Å². The second kappa shape index (κ2) is 10.5. The summed E-state index contributed by atoms with van der Waals surface area (Å²) < 4.78 is 6.60. The van der Waals surface area contributed by atoms with E-state index in [1.165, 1.54) is 0 Å². The van der Waals surface area contributed by atoms with Crippen molar-refractivity contribution < 1.29 is 23.9 Å². The minimum Gasteiger partial charge on any atom is -0.456 e. The number of carbonyl (C=O) groups is 4. The molecule has 1 aromatic heterocycles. The van der Waals surface area contributed by atoms with Crippen LogP contribution in [0.4, 0.5) is 5.69 Å². The number of rotatable bonds is 7. The molecular formula is C28H19Cl2N3O5. The quantitative estimate of drug-likeness (QED) is 0.192. The molecule has 10 heteroatoms. The van der Waals surface area contributed by atoms with Crippen molar-refractivity contribution in [2.24, 2.45) is 0 Å². The van der Waals surface area contributed by atoms with Gasteiger partial charge in [0.2, 0.25) is 0 Å². The predicted molar refractivity (Wildman–Crippen MR) is 143 cm³/mol. The molecule has 0 saturated carbocycles. The van der Waals surface area contributed by atoms with Crippen LogP contribution in [0.3, 0.4) is 0 Å². The molecule has 0 fully saturated rings. The van der Waals surface area contributed by atoms with Gasteiger partial charge < -0.3 is 19.9 Å². The first-order valence-electron chi connectivity index (χ1n) is 11.4. The van der Waals surface area contributed by atoms with Gasteiger partial charge in [-0.05, 0) is 54.1 Å². The number of halogens is 2. The number of Topliss-reactive ketones (excluding diaryl/α,β-unsaturated/α-hetero) is 1. The molecule has 8 nitrogen and oxygen atoms in total. The van der Waals surface area contributed by atoms with Gasteiger partial charge in [-0.3, -0.25) is 14.4 Å². The lowest BCUT2D eigenvalue weighted by atomic mass is 10.1. The van der Waals surface area contributed by atoms with Crippen LogP contribution in [0.2, 0.25) is 10.0 Å². The third kappa shape index (κ3) is 5.32. The van der Waals surface area contributed by atoms with E-state index in [0.717, 1.165) is 11.6 Å². The van der Waals surface area contributed by atoms with Crippen LogP contribution in [0.15, 0.2) is 84.7 Å². The van der Waals surface area contributed by atoms with E-state index in [9.17, 15) is 19.2 Å². The van der Waals surface area contributed by atoms with Crippen molar-refractivity contribution >= 4 is 63.4 Å². The summed E-state index contributed by atoms with van der Waals surface area (Å²) in [6.45, 7) is 0.253. The van der Waals surface area contributed by atoms with Gasteiger partial charge in [-0.25, -0.2) is 4.79 Å². The molecule has 0 atom stereocenters. The highest BCUT2D eigenvalue weighted by Gasteiger charge is 2.26. The number of aromatic nitrogens is 1. The Hall–Kier alpha value is -4.40. The van der Waals surface area contributed by atoms with Crippen LogP contribution in [0.25, 0.3) is 10.9 Å². The van der Waals surface area contributed by atoms with E-state index in [0.29, 0.717) is 38.7 Å². The van der Waals surface area contributed by atoms with Crippen molar-refractivity contribution in [3.05, 3.63) is 111 Å². The number of nitrogens with zero attached hydrogens (tertiary/aromatic N) is 1. The third-order valence-corrected chi connectivity index (χ3v) is 6.42. The number of cyclic esters (lactones) is 1. The molecular weight excluding hydrogens is 529 g/mol. The lowest BCUT2D eigenvalue weighted by Crippen LogP contribution is -2.31. The van der Waals surface area contributed by atoms with Gasteiger partial charge in [0.1, 0.15) is 6.61 Å². The second-order valence-electron chi connectivity index (χ2n) is 8.52. The first-order chi connectivity index (χ1) is 18.3. The van der Waals surface area contributed by atoms with Crippen LogP contribution in [0.5, 0.6) is 0 Å². The van der Waals surface area contributed by atoms with Crippen LogP contribution in [0.1, 0.15) is 26.3 Å². The van der Waals surface area contributed by atoms with Gasteiger partial charge in [0.15, 0.2) is 0 Å². The highest BCUT2D eigenvalue weighted by atomic mass is 35.5. The van der Waals surface area contributed by atoms with E-state index in [2.05, 4.69) is 10.6 Å². The van der Waals surface area contributed by atoms with Crippen LogP contribution < -0.4 is 10.6 Å². The molecule has 190 valence electrons. The Bertz CT molecular complexity index is 1620. The van der Waals surface area contributed by atoms with E-state index < -0.39 is 23.6 Å². The molecule has 0 unspecified atom stereocenters. The number of hydrogen-bond donors (Lipinski definition) is 2. The number of nitrogens with one attached hydrogen (secondary N) is 2. The fourth-order valence-corrected chi connectivity index (χ4v) is 4.37. The van der Waals surface area contributed by atoms with Gasteiger partial charge in [-0.2, -0.15) is 0 Å². The molecule has 2 amide bonds.